The summed E-state index contributed by atoms with van der Waals surface area (Å²) in [5.74, 6) is -0.728. The first-order valence-electron chi connectivity index (χ1n) is 3.79. The van der Waals surface area contributed by atoms with Crippen LogP contribution in [-0.2, 0) is 0 Å². The fraction of sp³-hybridized carbons (Fsp3) is 0.250. The van der Waals surface area contributed by atoms with Crippen LogP contribution in [0.4, 0.5) is 10.1 Å². The summed E-state index contributed by atoms with van der Waals surface area (Å²) in [6.45, 7) is 0.121. The molecule has 0 aliphatic heterocycles. The lowest BCUT2D eigenvalue weighted by Crippen LogP contribution is -2.21. The number of halogens is 2. The molecule has 0 aliphatic carbocycles. The molecule has 14 heavy (non-hydrogen) atoms. The van der Waals surface area contributed by atoms with E-state index in [0.717, 1.165) is 12.1 Å². The van der Waals surface area contributed by atoms with Crippen molar-refractivity contribution >= 4 is 18.1 Å². The second kappa shape index (κ2) is 4.99. The molecular weight excluding hydrogens is 209 g/mol. The predicted octanol–water partition coefficient (Wildman–Crippen LogP) is 0.494. The number of nitrogens with two attached hydrogens (primary N) is 3. The Balaban J connectivity index is 0.00000169. The maximum absolute atomic E-state index is 12.8. The summed E-state index contributed by atoms with van der Waals surface area (Å²) >= 11 is 0. The molecule has 1 aromatic carbocycles. The van der Waals surface area contributed by atoms with Crippen molar-refractivity contribution in [1.82, 2.24) is 0 Å². The van der Waals surface area contributed by atoms with Crippen LogP contribution >= 0.6 is 12.4 Å². The summed E-state index contributed by atoms with van der Waals surface area (Å²) in [6.07, 6.45) is 0. The number of aromatic hydroxyl groups is 1. The number of hydrogen-bond donors (Lipinski definition) is 4. The van der Waals surface area contributed by atoms with Gasteiger partial charge in [0.1, 0.15) is 11.6 Å². The highest BCUT2D eigenvalue weighted by Crippen LogP contribution is 2.29. The fourth-order valence-corrected chi connectivity index (χ4v) is 1.05. The maximum Gasteiger partial charge on any atom is 0.143 e. The van der Waals surface area contributed by atoms with Crippen molar-refractivity contribution in [3.05, 3.63) is 23.5 Å². The second-order valence-corrected chi connectivity index (χ2v) is 2.78. The highest BCUT2D eigenvalue weighted by Gasteiger charge is 2.13. The van der Waals surface area contributed by atoms with Gasteiger partial charge in [-0.05, 0) is 6.07 Å². The van der Waals surface area contributed by atoms with Crippen LogP contribution in [0.5, 0.6) is 5.75 Å². The topological polar surface area (TPSA) is 98.3 Å². The van der Waals surface area contributed by atoms with Crippen LogP contribution < -0.4 is 17.2 Å². The van der Waals surface area contributed by atoms with E-state index in [2.05, 4.69) is 0 Å². The molecule has 0 spiro atoms. The number of rotatable bonds is 2. The first-order chi connectivity index (χ1) is 6.06. The summed E-state index contributed by atoms with van der Waals surface area (Å²) in [5.41, 5.74) is 16.3. The molecular formula is C8H13ClFN3O. The van der Waals surface area contributed by atoms with Gasteiger partial charge in [0, 0.05) is 24.2 Å². The third-order valence-electron chi connectivity index (χ3n) is 1.79. The van der Waals surface area contributed by atoms with E-state index in [9.17, 15) is 9.50 Å². The molecule has 0 aromatic heterocycles. The zero-order valence-electron chi connectivity index (χ0n) is 7.40. The summed E-state index contributed by atoms with van der Waals surface area (Å²) in [6, 6.07) is 1.56. The Morgan fingerprint density at radius 2 is 2.00 bits per heavy atom. The Kier molecular flexibility index (Phi) is 4.62. The van der Waals surface area contributed by atoms with E-state index in [0.29, 0.717) is 0 Å². The van der Waals surface area contributed by atoms with Crippen molar-refractivity contribution in [2.24, 2.45) is 11.5 Å². The van der Waals surface area contributed by atoms with Crippen LogP contribution in [0.25, 0.3) is 0 Å². The fourth-order valence-electron chi connectivity index (χ4n) is 1.05. The highest BCUT2D eigenvalue weighted by molar-refractivity contribution is 5.85. The molecule has 1 aromatic rings. The zero-order valence-corrected chi connectivity index (χ0v) is 8.22. The van der Waals surface area contributed by atoms with E-state index >= 15 is 0 Å². The van der Waals surface area contributed by atoms with Crippen molar-refractivity contribution in [1.29, 1.82) is 0 Å². The van der Waals surface area contributed by atoms with Gasteiger partial charge in [-0.1, -0.05) is 0 Å². The van der Waals surface area contributed by atoms with Gasteiger partial charge in [0.25, 0.3) is 0 Å². The molecule has 0 unspecified atom stereocenters. The van der Waals surface area contributed by atoms with Gasteiger partial charge < -0.3 is 22.3 Å². The summed E-state index contributed by atoms with van der Waals surface area (Å²) in [4.78, 5) is 0. The first kappa shape index (κ1) is 13.0. The minimum atomic E-state index is -0.599. The SMILES string of the molecule is Cl.NC[C@H](N)c1cc(F)cc(N)c1O. The van der Waals surface area contributed by atoms with E-state index in [1.165, 1.54) is 0 Å². The van der Waals surface area contributed by atoms with Gasteiger partial charge in [-0.3, -0.25) is 0 Å². The number of phenolic OH excluding ortho intramolecular Hbond substituents is 1. The van der Waals surface area contributed by atoms with Crippen molar-refractivity contribution in [2.75, 3.05) is 12.3 Å². The van der Waals surface area contributed by atoms with Gasteiger partial charge in [-0.15, -0.1) is 12.4 Å². The Bertz CT molecular complexity index is 322. The highest BCUT2D eigenvalue weighted by atomic mass is 35.5. The standard InChI is InChI=1S/C8H12FN3O.ClH/c9-4-1-5(7(12)3-10)8(13)6(11)2-4;/h1-2,7,13H,3,10-12H2;1H/t7-;/m0./s1. The van der Waals surface area contributed by atoms with Gasteiger partial charge in [0.2, 0.25) is 0 Å². The van der Waals surface area contributed by atoms with Crippen molar-refractivity contribution < 1.29 is 9.50 Å². The lowest BCUT2D eigenvalue weighted by Gasteiger charge is -2.12. The van der Waals surface area contributed by atoms with E-state index < -0.39 is 11.9 Å². The number of nitrogen functional groups attached to an aromatic ring is 1. The van der Waals surface area contributed by atoms with Gasteiger partial charge in [0.05, 0.1) is 5.69 Å². The number of anilines is 1. The van der Waals surface area contributed by atoms with Gasteiger partial charge >= 0.3 is 0 Å². The number of hydrogen-bond acceptors (Lipinski definition) is 4. The van der Waals surface area contributed by atoms with Crippen molar-refractivity contribution in [2.45, 2.75) is 6.04 Å². The number of phenols is 1. The van der Waals surface area contributed by atoms with E-state index in [1.807, 2.05) is 0 Å². The minimum absolute atomic E-state index is 0. The molecule has 0 radical (unpaired) electrons. The van der Waals surface area contributed by atoms with E-state index in [1.54, 1.807) is 0 Å². The molecule has 4 nitrogen and oxygen atoms in total. The van der Waals surface area contributed by atoms with Crippen molar-refractivity contribution in [3.8, 4) is 5.75 Å². The van der Waals surface area contributed by atoms with Crippen LogP contribution in [-0.4, -0.2) is 11.7 Å². The Morgan fingerprint density at radius 1 is 1.43 bits per heavy atom. The molecule has 0 heterocycles. The molecule has 0 fully saturated rings. The average molecular weight is 222 g/mol. The van der Waals surface area contributed by atoms with Crippen LogP contribution in [0.15, 0.2) is 12.1 Å². The minimum Gasteiger partial charge on any atom is -0.505 e. The van der Waals surface area contributed by atoms with E-state index in [4.69, 9.17) is 17.2 Å². The van der Waals surface area contributed by atoms with Crippen LogP contribution in [0.2, 0.25) is 0 Å². The molecule has 0 aliphatic rings. The Morgan fingerprint density at radius 3 is 2.50 bits per heavy atom. The molecule has 80 valence electrons. The molecule has 1 atom stereocenters. The Hall–Kier alpha value is -1.04. The molecule has 6 heteroatoms. The second-order valence-electron chi connectivity index (χ2n) is 2.78. The summed E-state index contributed by atoms with van der Waals surface area (Å²) < 4.78 is 12.8. The third kappa shape index (κ3) is 2.47. The van der Waals surface area contributed by atoms with Gasteiger partial charge in [0.15, 0.2) is 0 Å². The molecule has 7 N–H and O–H groups in total. The lowest BCUT2D eigenvalue weighted by atomic mass is 10.1. The van der Waals surface area contributed by atoms with Crippen LogP contribution in [0.3, 0.4) is 0 Å². The predicted molar refractivity (Wildman–Crippen MR) is 55.7 cm³/mol. The van der Waals surface area contributed by atoms with Gasteiger partial charge in [-0.25, -0.2) is 4.39 Å². The molecule has 0 saturated heterocycles. The lowest BCUT2D eigenvalue weighted by molar-refractivity contribution is 0.462. The summed E-state index contributed by atoms with van der Waals surface area (Å²) in [5, 5.41) is 9.40. The van der Waals surface area contributed by atoms with Gasteiger partial charge in [-0.2, -0.15) is 0 Å². The average Bonchev–Trinajstić information content (AvgIpc) is 2.10. The quantitative estimate of drug-likeness (QED) is 0.432. The number of benzene rings is 1. The molecule has 1 rings (SSSR count). The smallest absolute Gasteiger partial charge is 0.143 e. The third-order valence-corrected chi connectivity index (χ3v) is 1.79. The zero-order chi connectivity index (χ0) is 10.0. The monoisotopic (exact) mass is 221 g/mol. The molecule has 0 saturated carbocycles. The summed E-state index contributed by atoms with van der Waals surface area (Å²) in [7, 11) is 0. The largest absolute Gasteiger partial charge is 0.505 e. The Labute approximate surface area is 87.3 Å². The molecule has 0 bridgehead atoms. The first-order valence-corrected chi connectivity index (χ1v) is 3.79. The van der Waals surface area contributed by atoms with Crippen molar-refractivity contribution in [3.63, 3.8) is 0 Å². The van der Waals surface area contributed by atoms with Crippen LogP contribution in [0.1, 0.15) is 11.6 Å². The van der Waals surface area contributed by atoms with Crippen LogP contribution in [0, 0.1) is 5.82 Å². The maximum atomic E-state index is 12.8. The normalized spacial score (nSPS) is 11.9. The van der Waals surface area contributed by atoms with E-state index in [-0.39, 0.29) is 36.0 Å². The molecule has 0 amide bonds.